The van der Waals surface area contributed by atoms with E-state index < -0.39 is 12.1 Å². The number of anilines is 1. The van der Waals surface area contributed by atoms with E-state index >= 15 is 0 Å². The Labute approximate surface area is 89.2 Å². The van der Waals surface area contributed by atoms with Crippen LogP contribution >= 0.6 is 15.9 Å². The Morgan fingerprint density at radius 3 is 2.93 bits per heavy atom. The van der Waals surface area contributed by atoms with Gasteiger partial charge in [0.05, 0.1) is 6.61 Å². The van der Waals surface area contributed by atoms with Crippen LogP contribution in [0.3, 0.4) is 0 Å². The third kappa shape index (κ3) is 1.17. The van der Waals surface area contributed by atoms with Crippen LogP contribution in [0.2, 0.25) is 0 Å². The molecule has 1 aliphatic rings. The van der Waals surface area contributed by atoms with Crippen LogP contribution in [0.4, 0.5) is 5.69 Å². The van der Waals surface area contributed by atoms with Crippen molar-refractivity contribution in [2.45, 2.75) is 5.54 Å². The molecule has 0 aromatic heterocycles. The molecule has 1 aromatic rings. The summed E-state index contributed by atoms with van der Waals surface area (Å²) in [4.78, 5) is 11.5. The van der Waals surface area contributed by atoms with Crippen molar-refractivity contribution >= 4 is 27.5 Å². The molecule has 2 rings (SSSR count). The number of hydrogen-bond donors (Lipinski definition) is 3. The smallest absolute Gasteiger partial charge is 0.251 e. The fraction of sp³-hybridized carbons (Fsp3) is 0.222. The second-order valence-electron chi connectivity index (χ2n) is 3.27. The normalized spacial score (nSPS) is 24.6. The molecule has 0 spiro atoms. The first-order valence-corrected chi connectivity index (χ1v) is 4.88. The summed E-state index contributed by atoms with van der Waals surface area (Å²) in [6, 6.07) is 5.28. The molecular formula is C9H9BrN2O2. The maximum absolute atomic E-state index is 11.5. The second kappa shape index (κ2) is 3.05. The number of nitrogens with two attached hydrogens (primary N) is 1. The van der Waals surface area contributed by atoms with Crippen molar-refractivity contribution in [2.75, 3.05) is 11.9 Å². The van der Waals surface area contributed by atoms with E-state index in [0.29, 0.717) is 11.3 Å². The second-order valence-corrected chi connectivity index (χ2v) is 4.19. The molecule has 5 heteroatoms. The van der Waals surface area contributed by atoms with E-state index in [2.05, 4.69) is 21.2 Å². The predicted molar refractivity (Wildman–Crippen MR) is 55.7 cm³/mol. The molecule has 0 unspecified atom stereocenters. The molecule has 0 saturated heterocycles. The van der Waals surface area contributed by atoms with Crippen LogP contribution in [0, 0.1) is 0 Å². The third-order valence-electron chi connectivity index (χ3n) is 2.37. The SMILES string of the molecule is N[C@@]1(CO)C(=O)Nc2cc(Br)ccc21. The zero-order valence-corrected chi connectivity index (χ0v) is 8.84. The number of nitrogens with one attached hydrogen (secondary N) is 1. The molecule has 0 saturated carbocycles. The number of hydrogen-bond acceptors (Lipinski definition) is 3. The number of aliphatic hydroxyl groups is 1. The largest absolute Gasteiger partial charge is 0.394 e. The lowest BCUT2D eigenvalue weighted by Gasteiger charge is -2.18. The first kappa shape index (κ1) is 9.64. The van der Waals surface area contributed by atoms with Gasteiger partial charge < -0.3 is 16.2 Å². The van der Waals surface area contributed by atoms with E-state index in [9.17, 15) is 4.79 Å². The fourth-order valence-electron chi connectivity index (χ4n) is 1.52. The zero-order chi connectivity index (χ0) is 10.3. The third-order valence-corrected chi connectivity index (χ3v) is 2.86. The van der Waals surface area contributed by atoms with E-state index in [1.807, 2.05) is 0 Å². The summed E-state index contributed by atoms with van der Waals surface area (Å²) in [6.07, 6.45) is 0. The summed E-state index contributed by atoms with van der Waals surface area (Å²) in [5.41, 5.74) is 5.78. The van der Waals surface area contributed by atoms with Gasteiger partial charge in [0.1, 0.15) is 5.54 Å². The molecule has 4 nitrogen and oxygen atoms in total. The van der Waals surface area contributed by atoms with Crippen molar-refractivity contribution in [1.82, 2.24) is 0 Å². The van der Waals surface area contributed by atoms with E-state index in [-0.39, 0.29) is 5.91 Å². The first-order chi connectivity index (χ1) is 6.58. The van der Waals surface area contributed by atoms with Crippen molar-refractivity contribution in [2.24, 2.45) is 5.73 Å². The maximum Gasteiger partial charge on any atom is 0.251 e. The van der Waals surface area contributed by atoms with Crippen molar-refractivity contribution in [1.29, 1.82) is 0 Å². The molecule has 1 amide bonds. The van der Waals surface area contributed by atoms with Crippen molar-refractivity contribution in [3.63, 3.8) is 0 Å². The minimum absolute atomic E-state index is 0.367. The van der Waals surface area contributed by atoms with Crippen molar-refractivity contribution in [3.8, 4) is 0 Å². The predicted octanol–water partition coefficient (Wildman–Crippen LogP) is 0.548. The molecule has 0 radical (unpaired) electrons. The zero-order valence-electron chi connectivity index (χ0n) is 7.25. The average molecular weight is 257 g/mol. The van der Waals surface area contributed by atoms with Gasteiger partial charge in [-0.1, -0.05) is 22.0 Å². The minimum Gasteiger partial charge on any atom is -0.394 e. The number of carbonyl (C=O) groups is 1. The van der Waals surface area contributed by atoms with Crippen LogP contribution in [-0.4, -0.2) is 17.6 Å². The number of amides is 1. The quantitative estimate of drug-likeness (QED) is 0.687. The number of rotatable bonds is 1. The highest BCUT2D eigenvalue weighted by atomic mass is 79.9. The van der Waals surface area contributed by atoms with E-state index in [1.54, 1.807) is 18.2 Å². The minimum atomic E-state index is -1.30. The molecule has 0 fully saturated rings. The van der Waals surface area contributed by atoms with E-state index in [1.165, 1.54) is 0 Å². The van der Waals surface area contributed by atoms with Gasteiger partial charge in [-0.3, -0.25) is 4.79 Å². The van der Waals surface area contributed by atoms with Crippen LogP contribution in [-0.2, 0) is 10.3 Å². The number of aliphatic hydroxyl groups excluding tert-OH is 1. The molecule has 1 atom stereocenters. The summed E-state index contributed by atoms with van der Waals surface area (Å²) in [7, 11) is 0. The van der Waals surface area contributed by atoms with Gasteiger partial charge in [0.2, 0.25) is 0 Å². The lowest BCUT2D eigenvalue weighted by Crippen LogP contribution is -2.46. The highest BCUT2D eigenvalue weighted by Crippen LogP contribution is 2.35. The summed E-state index contributed by atoms with van der Waals surface area (Å²) in [5, 5.41) is 11.7. The van der Waals surface area contributed by atoms with Crippen LogP contribution < -0.4 is 11.1 Å². The number of fused-ring (bicyclic) bond motifs is 1. The van der Waals surface area contributed by atoms with Crippen LogP contribution in [0.15, 0.2) is 22.7 Å². The highest BCUT2D eigenvalue weighted by Gasteiger charge is 2.42. The molecule has 1 aliphatic heterocycles. The summed E-state index contributed by atoms with van der Waals surface area (Å²) >= 11 is 3.29. The van der Waals surface area contributed by atoms with Gasteiger partial charge in [-0.2, -0.15) is 0 Å². The molecule has 74 valence electrons. The molecule has 0 bridgehead atoms. The van der Waals surface area contributed by atoms with Gasteiger partial charge in [0.15, 0.2) is 0 Å². The first-order valence-electron chi connectivity index (χ1n) is 4.09. The number of halogens is 1. The van der Waals surface area contributed by atoms with E-state index in [0.717, 1.165) is 4.47 Å². The van der Waals surface area contributed by atoms with Crippen molar-refractivity contribution in [3.05, 3.63) is 28.2 Å². The topological polar surface area (TPSA) is 75.3 Å². The Kier molecular flexibility index (Phi) is 2.10. The Bertz CT molecular complexity index is 408. The standard InChI is InChI=1S/C9H9BrN2O2/c10-5-1-2-6-7(3-5)12-8(14)9(6,11)4-13/h1-3,13H,4,11H2,(H,12,14)/t9-/m1/s1. The molecule has 1 heterocycles. The summed E-state index contributed by atoms with van der Waals surface area (Å²) in [5.74, 6) is -0.367. The molecule has 14 heavy (non-hydrogen) atoms. The molecule has 0 aliphatic carbocycles. The molecule has 4 N–H and O–H groups in total. The van der Waals surface area contributed by atoms with Crippen LogP contribution in [0.5, 0.6) is 0 Å². The summed E-state index contributed by atoms with van der Waals surface area (Å²) in [6.45, 7) is -0.395. The van der Waals surface area contributed by atoms with Gasteiger partial charge in [0, 0.05) is 15.7 Å². The maximum atomic E-state index is 11.5. The highest BCUT2D eigenvalue weighted by molar-refractivity contribution is 9.10. The summed E-state index contributed by atoms with van der Waals surface area (Å²) < 4.78 is 0.860. The van der Waals surface area contributed by atoms with Gasteiger partial charge in [-0.15, -0.1) is 0 Å². The number of benzene rings is 1. The van der Waals surface area contributed by atoms with Gasteiger partial charge in [0.25, 0.3) is 5.91 Å². The monoisotopic (exact) mass is 256 g/mol. The Morgan fingerprint density at radius 2 is 2.29 bits per heavy atom. The van der Waals surface area contributed by atoms with Crippen molar-refractivity contribution < 1.29 is 9.90 Å². The Hall–Kier alpha value is -0.910. The Balaban J connectivity index is 2.59. The fourth-order valence-corrected chi connectivity index (χ4v) is 1.88. The van der Waals surface area contributed by atoms with Crippen LogP contribution in [0.1, 0.15) is 5.56 Å². The van der Waals surface area contributed by atoms with E-state index in [4.69, 9.17) is 10.8 Å². The number of carbonyl (C=O) groups excluding carboxylic acids is 1. The molecular weight excluding hydrogens is 248 g/mol. The lowest BCUT2D eigenvalue weighted by atomic mass is 9.94. The van der Waals surface area contributed by atoms with Gasteiger partial charge in [-0.25, -0.2) is 0 Å². The Morgan fingerprint density at radius 1 is 1.57 bits per heavy atom. The average Bonchev–Trinajstić information content (AvgIpc) is 2.39. The lowest BCUT2D eigenvalue weighted by molar-refractivity contribution is -0.122. The van der Waals surface area contributed by atoms with Crippen LogP contribution in [0.25, 0.3) is 0 Å². The van der Waals surface area contributed by atoms with Gasteiger partial charge in [-0.05, 0) is 12.1 Å². The molecule has 1 aromatic carbocycles. The van der Waals surface area contributed by atoms with Gasteiger partial charge >= 0.3 is 0 Å².